The van der Waals surface area contributed by atoms with Crippen molar-refractivity contribution in [1.29, 1.82) is 0 Å². The van der Waals surface area contributed by atoms with E-state index in [4.69, 9.17) is 0 Å². The second kappa shape index (κ2) is 3.34. The summed E-state index contributed by atoms with van der Waals surface area (Å²) in [5.74, 6) is 0.262. The third-order valence-electron chi connectivity index (χ3n) is 2.42. The van der Waals surface area contributed by atoms with Crippen molar-refractivity contribution in [1.82, 2.24) is 5.32 Å². The van der Waals surface area contributed by atoms with Crippen LogP contribution in [0.2, 0.25) is 0 Å². The maximum absolute atomic E-state index is 12.3. The van der Waals surface area contributed by atoms with Crippen LogP contribution in [0.1, 0.15) is 11.1 Å². The molecule has 2 rings (SSSR count). The van der Waals surface area contributed by atoms with Gasteiger partial charge in [-0.1, -0.05) is 6.07 Å². The molecule has 13 heavy (non-hydrogen) atoms. The lowest BCUT2D eigenvalue weighted by atomic mass is 9.96. The van der Waals surface area contributed by atoms with E-state index in [1.165, 1.54) is 0 Å². The summed E-state index contributed by atoms with van der Waals surface area (Å²) in [5.41, 5.74) is 2.21. The molecule has 1 aromatic carbocycles. The van der Waals surface area contributed by atoms with Crippen molar-refractivity contribution in [3.63, 3.8) is 0 Å². The highest BCUT2D eigenvalue weighted by Gasteiger charge is 2.17. The van der Waals surface area contributed by atoms with Gasteiger partial charge >= 0.3 is 0 Å². The molecule has 1 aliphatic heterocycles. The molecule has 0 radical (unpaired) electrons. The van der Waals surface area contributed by atoms with E-state index in [1.54, 1.807) is 12.1 Å². The molecule has 0 saturated carbocycles. The van der Waals surface area contributed by atoms with Crippen molar-refractivity contribution in [3.05, 3.63) is 29.3 Å². The fourth-order valence-electron chi connectivity index (χ4n) is 1.68. The Morgan fingerprint density at radius 3 is 3.08 bits per heavy atom. The zero-order valence-electron chi connectivity index (χ0n) is 7.26. The molecule has 1 atom stereocenters. The van der Waals surface area contributed by atoms with Crippen LogP contribution in [0.3, 0.4) is 0 Å². The summed E-state index contributed by atoms with van der Waals surface area (Å²) in [4.78, 5) is 0. The SMILES string of the molecule is Oc1ccc2c(c1)CC(CF)NC2. The molecule has 2 nitrogen and oxygen atoms in total. The lowest BCUT2D eigenvalue weighted by molar-refractivity contribution is 0.358. The summed E-state index contributed by atoms with van der Waals surface area (Å²) in [5, 5.41) is 12.3. The average Bonchev–Trinajstić information content (AvgIpc) is 2.16. The molecule has 3 heteroatoms. The van der Waals surface area contributed by atoms with Gasteiger partial charge in [-0.2, -0.15) is 0 Å². The van der Waals surface area contributed by atoms with Gasteiger partial charge in [0, 0.05) is 12.6 Å². The van der Waals surface area contributed by atoms with E-state index in [1.807, 2.05) is 6.07 Å². The predicted octanol–water partition coefficient (Wildman–Crippen LogP) is 1.38. The van der Waals surface area contributed by atoms with E-state index in [2.05, 4.69) is 5.32 Å². The molecule has 0 saturated heterocycles. The number of alkyl halides is 1. The number of hydrogen-bond donors (Lipinski definition) is 2. The first-order valence-corrected chi connectivity index (χ1v) is 4.39. The highest BCUT2D eigenvalue weighted by Crippen LogP contribution is 2.21. The summed E-state index contributed by atoms with van der Waals surface area (Å²) in [6.45, 7) is 0.347. The molecule has 0 spiro atoms. The molecule has 70 valence electrons. The Labute approximate surface area is 76.4 Å². The summed E-state index contributed by atoms with van der Waals surface area (Å²) >= 11 is 0. The molecule has 1 aliphatic rings. The molecular formula is C10H12FNO. The van der Waals surface area contributed by atoms with Gasteiger partial charge in [-0.15, -0.1) is 0 Å². The first-order chi connectivity index (χ1) is 6.29. The van der Waals surface area contributed by atoms with Gasteiger partial charge in [0.05, 0.1) is 0 Å². The minimum Gasteiger partial charge on any atom is -0.508 e. The van der Waals surface area contributed by atoms with Crippen LogP contribution in [0.5, 0.6) is 5.75 Å². The maximum Gasteiger partial charge on any atom is 0.115 e. The van der Waals surface area contributed by atoms with Crippen molar-refractivity contribution in [2.45, 2.75) is 19.0 Å². The van der Waals surface area contributed by atoms with E-state index in [0.29, 0.717) is 13.0 Å². The number of phenolic OH excluding ortho intramolecular Hbond substituents is 1. The molecule has 0 aliphatic carbocycles. The number of rotatable bonds is 1. The van der Waals surface area contributed by atoms with Gasteiger partial charge in [-0.3, -0.25) is 0 Å². The largest absolute Gasteiger partial charge is 0.508 e. The normalized spacial score (nSPS) is 21.2. The third kappa shape index (κ3) is 1.65. The number of nitrogens with one attached hydrogen (secondary N) is 1. The highest BCUT2D eigenvalue weighted by atomic mass is 19.1. The number of hydrogen-bond acceptors (Lipinski definition) is 2. The van der Waals surface area contributed by atoms with Gasteiger partial charge in [-0.05, 0) is 29.7 Å². The summed E-state index contributed by atoms with van der Waals surface area (Å²) in [6.07, 6.45) is 0.667. The van der Waals surface area contributed by atoms with Gasteiger partial charge in [0.1, 0.15) is 12.4 Å². The van der Waals surface area contributed by atoms with Crippen LogP contribution < -0.4 is 5.32 Å². The zero-order valence-corrected chi connectivity index (χ0v) is 7.26. The van der Waals surface area contributed by atoms with E-state index in [-0.39, 0.29) is 18.5 Å². The third-order valence-corrected chi connectivity index (χ3v) is 2.42. The van der Waals surface area contributed by atoms with Crippen molar-refractivity contribution in [2.24, 2.45) is 0 Å². The minimum absolute atomic E-state index is 0.0886. The predicted molar refractivity (Wildman–Crippen MR) is 48.4 cm³/mol. The quantitative estimate of drug-likeness (QED) is 0.686. The van der Waals surface area contributed by atoms with Gasteiger partial charge in [0.25, 0.3) is 0 Å². The van der Waals surface area contributed by atoms with Crippen LogP contribution >= 0.6 is 0 Å². The second-order valence-electron chi connectivity index (χ2n) is 3.39. The van der Waals surface area contributed by atoms with Crippen molar-refractivity contribution < 1.29 is 9.50 Å². The topological polar surface area (TPSA) is 32.3 Å². The smallest absolute Gasteiger partial charge is 0.115 e. The van der Waals surface area contributed by atoms with E-state index < -0.39 is 0 Å². The lowest BCUT2D eigenvalue weighted by Crippen LogP contribution is -2.36. The molecule has 1 heterocycles. The van der Waals surface area contributed by atoms with Crippen LogP contribution in [-0.2, 0) is 13.0 Å². The first kappa shape index (κ1) is 8.51. The van der Waals surface area contributed by atoms with E-state index in [0.717, 1.165) is 11.1 Å². The van der Waals surface area contributed by atoms with Gasteiger partial charge in [-0.25, -0.2) is 4.39 Å². The minimum atomic E-state index is -0.352. The Bertz CT molecular complexity index is 314. The lowest BCUT2D eigenvalue weighted by Gasteiger charge is -2.23. The Balaban J connectivity index is 2.27. The number of aromatic hydroxyl groups is 1. The fraction of sp³-hybridized carbons (Fsp3) is 0.400. The first-order valence-electron chi connectivity index (χ1n) is 4.39. The number of halogens is 1. The van der Waals surface area contributed by atoms with Gasteiger partial charge in [0.15, 0.2) is 0 Å². The Morgan fingerprint density at radius 2 is 2.31 bits per heavy atom. The summed E-state index contributed by atoms with van der Waals surface area (Å²) < 4.78 is 12.3. The van der Waals surface area contributed by atoms with Crippen molar-refractivity contribution >= 4 is 0 Å². The van der Waals surface area contributed by atoms with Crippen molar-refractivity contribution in [2.75, 3.05) is 6.67 Å². The highest BCUT2D eigenvalue weighted by molar-refractivity contribution is 5.36. The molecule has 0 aromatic heterocycles. The molecule has 0 fully saturated rings. The average molecular weight is 181 g/mol. The number of fused-ring (bicyclic) bond motifs is 1. The van der Waals surface area contributed by atoms with Crippen LogP contribution in [-0.4, -0.2) is 17.8 Å². The van der Waals surface area contributed by atoms with Crippen LogP contribution in [0.4, 0.5) is 4.39 Å². The van der Waals surface area contributed by atoms with E-state index >= 15 is 0 Å². The maximum atomic E-state index is 12.3. The molecular weight excluding hydrogens is 169 g/mol. The fourth-order valence-corrected chi connectivity index (χ4v) is 1.68. The summed E-state index contributed by atoms with van der Waals surface area (Å²) in [6, 6.07) is 5.18. The molecule has 1 unspecified atom stereocenters. The van der Waals surface area contributed by atoms with Crippen LogP contribution in [0, 0.1) is 0 Å². The molecule has 0 amide bonds. The van der Waals surface area contributed by atoms with Gasteiger partial charge < -0.3 is 10.4 Å². The monoisotopic (exact) mass is 181 g/mol. The van der Waals surface area contributed by atoms with Crippen molar-refractivity contribution in [3.8, 4) is 5.75 Å². The Kier molecular flexibility index (Phi) is 2.19. The summed E-state index contributed by atoms with van der Waals surface area (Å²) in [7, 11) is 0. The van der Waals surface area contributed by atoms with Crippen LogP contribution in [0.25, 0.3) is 0 Å². The van der Waals surface area contributed by atoms with Crippen LogP contribution in [0.15, 0.2) is 18.2 Å². The molecule has 2 N–H and O–H groups in total. The second-order valence-corrected chi connectivity index (χ2v) is 3.39. The molecule has 1 aromatic rings. The van der Waals surface area contributed by atoms with E-state index in [9.17, 15) is 9.50 Å². The number of benzene rings is 1. The number of phenols is 1. The standard InChI is InChI=1S/C10H12FNO/c11-5-9-3-8-4-10(13)2-1-7(8)6-12-9/h1-2,4,9,12-13H,3,5-6H2. The Hall–Kier alpha value is -1.09. The zero-order chi connectivity index (χ0) is 9.26. The Morgan fingerprint density at radius 1 is 1.46 bits per heavy atom. The molecule has 0 bridgehead atoms. The van der Waals surface area contributed by atoms with Gasteiger partial charge in [0.2, 0.25) is 0 Å².